The molecule has 112 valence electrons. The van der Waals surface area contributed by atoms with E-state index in [9.17, 15) is 13.2 Å². The van der Waals surface area contributed by atoms with E-state index >= 15 is 0 Å². The van der Waals surface area contributed by atoms with Crippen LogP contribution in [-0.4, -0.2) is 19.9 Å². The van der Waals surface area contributed by atoms with Gasteiger partial charge < -0.3 is 0 Å². The molecule has 0 radical (unpaired) electrons. The summed E-state index contributed by atoms with van der Waals surface area (Å²) in [5, 5.41) is 0.217. The van der Waals surface area contributed by atoms with Crippen molar-refractivity contribution in [1.82, 2.24) is 19.9 Å². The molecule has 0 aliphatic carbocycles. The molecule has 3 aromatic rings. The second-order valence-electron chi connectivity index (χ2n) is 4.51. The summed E-state index contributed by atoms with van der Waals surface area (Å²) < 4.78 is 40.0. The summed E-state index contributed by atoms with van der Waals surface area (Å²) >= 11 is 5.71. The third-order valence-corrected chi connectivity index (χ3v) is 3.31. The normalized spacial score (nSPS) is 11.4. The van der Waals surface area contributed by atoms with Gasteiger partial charge in [-0.05, 0) is 25.1 Å². The van der Waals surface area contributed by atoms with Crippen LogP contribution in [-0.2, 0) is 0 Å². The molecule has 0 saturated heterocycles. The molecular weight excluding hydrogens is 317 g/mol. The lowest BCUT2D eigenvalue weighted by atomic mass is 10.1. The van der Waals surface area contributed by atoms with Crippen molar-refractivity contribution in [1.29, 1.82) is 0 Å². The number of aryl methyl sites for hydroxylation is 1. The number of fused-ring (bicyclic) bond motifs is 1. The Morgan fingerprint density at radius 1 is 1.14 bits per heavy atom. The molecule has 0 atom stereocenters. The Kier molecular flexibility index (Phi) is 3.66. The average molecular weight is 325 g/mol. The van der Waals surface area contributed by atoms with Crippen molar-refractivity contribution < 1.29 is 13.2 Å². The molecule has 2 heterocycles. The molecule has 22 heavy (non-hydrogen) atoms. The Labute approximate surface area is 128 Å². The highest BCUT2D eigenvalue weighted by atomic mass is 35.5. The SMILES string of the molecule is Cc1nc2ncnc(-c3ccc(Cl)cc3F)c2nc1C(F)F. The van der Waals surface area contributed by atoms with Gasteiger partial charge in [0.2, 0.25) is 0 Å². The van der Waals surface area contributed by atoms with Crippen LogP contribution >= 0.6 is 11.6 Å². The van der Waals surface area contributed by atoms with E-state index in [1.807, 2.05) is 0 Å². The predicted octanol–water partition coefficient (Wildman–Crippen LogP) is 4.13. The second kappa shape index (κ2) is 5.49. The van der Waals surface area contributed by atoms with Crippen LogP contribution in [0.3, 0.4) is 0 Å². The molecule has 3 rings (SSSR count). The molecule has 0 fully saturated rings. The van der Waals surface area contributed by atoms with Crippen molar-refractivity contribution in [3.05, 3.63) is 46.8 Å². The Morgan fingerprint density at radius 2 is 1.91 bits per heavy atom. The number of nitrogens with zero attached hydrogens (tertiary/aromatic N) is 4. The van der Waals surface area contributed by atoms with E-state index in [1.165, 1.54) is 25.4 Å². The minimum atomic E-state index is -2.79. The van der Waals surface area contributed by atoms with Gasteiger partial charge in [0.1, 0.15) is 29.0 Å². The monoisotopic (exact) mass is 324 g/mol. The van der Waals surface area contributed by atoms with Crippen molar-refractivity contribution in [2.24, 2.45) is 0 Å². The van der Waals surface area contributed by atoms with Crippen LogP contribution < -0.4 is 0 Å². The van der Waals surface area contributed by atoms with Gasteiger partial charge >= 0.3 is 0 Å². The third-order valence-electron chi connectivity index (χ3n) is 3.07. The van der Waals surface area contributed by atoms with Crippen LogP contribution in [0.4, 0.5) is 13.2 Å². The number of halogens is 4. The molecular formula is C14H8ClF3N4. The molecule has 0 unspecified atom stereocenters. The zero-order valence-electron chi connectivity index (χ0n) is 11.2. The molecule has 8 heteroatoms. The van der Waals surface area contributed by atoms with E-state index < -0.39 is 17.9 Å². The van der Waals surface area contributed by atoms with Crippen molar-refractivity contribution in [3.8, 4) is 11.3 Å². The van der Waals surface area contributed by atoms with E-state index in [1.54, 1.807) is 0 Å². The van der Waals surface area contributed by atoms with Crippen LogP contribution in [0.2, 0.25) is 5.02 Å². The summed E-state index contributed by atoms with van der Waals surface area (Å²) in [6.45, 7) is 1.42. The van der Waals surface area contributed by atoms with Gasteiger partial charge in [0.25, 0.3) is 6.43 Å². The third kappa shape index (κ3) is 2.48. The lowest BCUT2D eigenvalue weighted by Crippen LogP contribution is -2.03. The summed E-state index contributed by atoms with van der Waals surface area (Å²) in [6, 6.07) is 3.99. The second-order valence-corrected chi connectivity index (χ2v) is 4.95. The molecule has 0 aliphatic heterocycles. The Hall–Kier alpha value is -2.28. The van der Waals surface area contributed by atoms with Gasteiger partial charge in [-0.25, -0.2) is 33.1 Å². The molecule has 0 spiro atoms. The maximum Gasteiger partial charge on any atom is 0.282 e. The molecule has 0 bridgehead atoms. The molecule has 4 nitrogen and oxygen atoms in total. The first-order valence-electron chi connectivity index (χ1n) is 6.20. The van der Waals surface area contributed by atoms with E-state index in [4.69, 9.17) is 11.6 Å². The fourth-order valence-corrected chi connectivity index (χ4v) is 2.22. The van der Waals surface area contributed by atoms with Crippen molar-refractivity contribution in [2.45, 2.75) is 13.3 Å². The highest BCUT2D eigenvalue weighted by Gasteiger charge is 2.19. The van der Waals surface area contributed by atoms with Gasteiger partial charge in [0.15, 0.2) is 5.65 Å². The summed E-state index contributed by atoms with van der Waals surface area (Å²) in [7, 11) is 0. The van der Waals surface area contributed by atoms with Gasteiger partial charge in [0.05, 0.1) is 5.69 Å². The van der Waals surface area contributed by atoms with E-state index in [2.05, 4.69) is 19.9 Å². The number of rotatable bonds is 2. The molecule has 2 aromatic heterocycles. The van der Waals surface area contributed by atoms with Crippen LogP contribution in [0.5, 0.6) is 0 Å². The standard InChI is InChI=1S/C14H8ClF3N4/c1-6-10(13(17)18)22-12-11(19-5-20-14(12)21-6)8-3-2-7(15)4-9(8)16/h2-5,13H,1H3. The first-order valence-corrected chi connectivity index (χ1v) is 6.58. The van der Waals surface area contributed by atoms with Crippen LogP contribution in [0, 0.1) is 12.7 Å². The lowest BCUT2D eigenvalue weighted by Gasteiger charge is -2.09. The summed E-state index contributed by atoms with van der Waals surface area (Å²) in [5.41, 5.74) is -0.0729. The number of hydrogen-bond donors (Lipinski definition) is 0. The quantitative estimate of drug-likeness (QED) is 0.711. The maximum absolute atomic E-state index is 14.1. The first-order chi connectivity index (χ1) is 10.5. The topological polar surface area (TPSA) is 51.6 Å². The van der Waals surface area contributed by atoms with Crippen LogP contribution in [0.15, 0.2) is 24.5 Å². The largest absolute Gasteiger partial charge is 0.282 e. The molecule has 0 aliphatic rings. The van der Waals surface area contributed by atoms with Gasteiger partial charge in [-0.15, -0.1) is 0 Å². The fraction of sp³-hybridized carbons (Fsp3) is 0.143. The van der Waals surface area contributed by atoms with E-state index in [0.717, 1.165) is 6.07 Å². The van der Waals surface area contributed by atoms with Crippen molar-refractivity contribution in [3.63, 3.8) is 0 Å². The van der Waals surface area contributed by atoms with Crippen molar-refractivity contribution in [2.75, 3.05) is 0 Å². The average Bonchev–Trinajstić information content (AvgIpc) is 2.45. The first kappa shape index (κ1) is 14.6. The summed E-state index contributed by atoms with van der Waals surface area (Å²) in [4.78, 5) is 15.7. The number of hydrogen-bond acceptors (Lipinski definition) is 4. The van der Waals surface area contributed by atoms with Gasteiger partial charge in [-0.2, -0.15) is 0 Å². The smallest absolute Gasteiger partial charge is 0.239 e. The zero-order valence-corrected chi connectivity index (χ0v) is 11.9. The summed E-state index contributed by atoms with van der Waals surface area (Å²) in [5.74, 6) is -0.631. The summed E-state index contributed by atoms with van der Waals surface area (Å²) in [6.07, 6.45) is -1.61. The van der Waals surface area contributed by atoms with Crippen LogP contribution in [0.1, 0.15) is 17.8 Å². The van der Waals surface area contributed by atoms with Crippen molar-refractivity contribution >= 4 is 22.8 Å². The molecule has 0 N–H and O–H groups in total. The Morgan fingerprint density at radius 3 is 2.59 bits per heavy atom. The minimum absolute atomic E-state index is 0.0182. The maximum atomic E-state index is 14.1. The van der Waals surface area contributed by atoms with Gasteiger partial charge in [-0.1, -0.05) is 11.6 Å². The number of alkyl halides is 2. The fourth-order valence-electron chi connectivity index (χ4n) is 2.06. The minimum Gasteiger partial charge on any atom is -0.239 e. The van der Waals surface area contributed by atoms with E-state index in [-0.39, 0.29) is 33.1 Å². The Balaban J connectivity index is 2.32. The zero-order chi connectivity index (χ0) is 15.9. The predicted molar refractivity (Wildman–Crippen MR) is 75.2 cm³/mol. The molecule has 0 amide bonds. The highest BCUT2D eigenvalue weighted by Crippen LogP contribution is 2.29. The van der Waals surface area contributed by atoms with Gasteiger partial charge in [-0.3, -0.25) is 0 Å². The molecule has 0 saturated carbocycles. The lowest BCUT2D eigenvalue weighted by molar-refractivity contribution is 0.145. The van der Waals surface area contributed by atoms with E-state index in [0.29, 0.717) is 0 Å². The number of benzene rings is 1. The molecule has 1 aromatic carbocycles. The van der Waals surface area contributed by atoms with Gasteiger partial charge in [0, 0.05) is 10.6 Å². The number of aromatic nitrogens is 4. The highest BCUT2D eigenvalue weighted by molar-refractivity contribution is 6.30. The Bertz CT molecular complexity index is 870. The van der Waals surface area contributed by atoms with Crippen LogP contribution in [0.25, 0.3) is 22.4 Å².